The van der Waals surface area contributed by atoms with Crippen molar-refractivity contribution in [2.75, 3.05) is 6.61 Å². The molecule has 21 heavy (non-hydrogen) atoms. The van der Waals surface area contributed by atoms with Crippen molar-refractivity contribution in [3.8, 4) is 0 Å². The molecule has 4 nitrogen and oxygen atoms in total. The number of aliphatic hydroxyl groups excluding tert-OH is 1. The summed E-state index contributed by atoms with van der Waals surface area (Å²) >= 11 is 0. The van der Waals surface area contributed by atoms with Crippen molar-refractivity contribution >= 4 is 12.4 Å². The van der Waals surface area contributed by atoms with Gasteiger partial charge in [0.1, 0.15) is 5.72 Å². The summed E-state index contributed by atoms with van der Waals surface area (Å²) in [6, 6.07) is 0. The van der Waals surface area contributed by atoms with Gasteiger partial charge in [-0.05, 0) is 18.8 Å². The summed E-state index contributed by atoms with van der Waals surface area (Å²) in [5.74, 6) is 0.801. The van der Waals surface area contributed by atoms with Gasteiger partial charge in [0.15, 0.2) is 6.29 Å². The molecule has 0 aromatic rings. The van der Waals surface area contributed by atoms with E-state index < -0.39 is 12.0 Å². The molecule has 0 saturated carbocycles. The summed E-state index contributed by atoms with van der Waals surface area (Å²) in [5.41, 5.74) is 5.17. The van der Waals surface area contributed by atoms with E-state index in [0.29, 0.717) is 13.0 Å². The van der Waals surface area contributed by atoms with Crippen LogP contribution in [0.3, 0.4) is 0 Å². The van der Waals surface area contributed by atoms with Gasteiger partial charge in [-0.1, -0.05) is 59.3 Å². The van der Waals surface area contributed by atoms with E-state index in [2.05, 4.69) is 13.8 Å². The van der Waals surface area contributed by atoms with E-state index in [1.165, 1.54) is 25.7 Å². The third-order valence-electron chi connectivity index (χ3n) is 3.52. The summed E-state index contributed by atoms with van der Waals surface area (Å²) < 4.78 is 5.68. The lowest BCUT2D eigenvalue weighted by Crippen LogP contribution is -2.45. The largest absolute Gasteiger partial charge is 0.368 e. The van der Waals surface area contributed by atoms with Gasteiger partial charge < -0.3 is 20.7 Å². The van der Waals surface area contributed by atoms with Gasteiger partial charge in [-0.3, -0.25) is 0 Å². The monoisotopic (exact) mass is 325 g/mol. The van der Waals surface area contributed by atoms with Crippen LogP contribution in [0.5, 0.6) is 0 Å². The van der Waals surface area contributed by atoms with Gasteiger partial charge >= 0.3 is 0 Å². The molecule has 0 aliphatic rings. The topological polar surface area (TPSA) is 75.7 Å². The van der Waals surface area contributed by atoms with Crippen molar-refractivity contribution in [2.45, 2.75) is 90.6 Å². The summed E-state index contributed by atoms with van der Waals surface area (Å²) in [7, 11) is 0. The SMILES string of the molecule is CCCC(N)(CC(O)O)OCCCCCCCC(C)C.Cl. The Morgan fingerprint density at radius 3 is 2.14 bits per heavy atom. The normalized spacial score (nSPS) is 14.3. The molecule has 130 valence electrons. The zero-order chi connectivity index (χ0) is 15.4. The predicted molar refractivity (Wildman–Crippen MR) is 90.4 cm³/mol. The molecule has 0 aromatic carbocycles. The summed E-state index contributed by atoms with van der Waals surface area (Å²) in [4.78, 5) is 0. The van der Waals surface area contributed by atoms with E-state index in [0.717, 1.165) is 25.2 Å². The van der Waals surface area contributed by atoms with Crippen LogP contribution in [-0.2, 0) is 4.74 Å². The number of halogens is 1. The lowest BCUT2D eigenvalue weighted by Gasteiger charge is -2.30. The smallest absolute Gasteiger partial charge is 0.155 e. The van der Waals surface area contributed by atoms with E-state index in [-0.39, 0.29) is 18.8 Å². The minimum Gasteiger partial charge on any atom is -0.368 e. The number of rotatable bonds is 13. The summed E-state index contributed by atoms with van der Waals surface area (Å²) in [6.07, 6.45) is 7.50. The first-order valence-electron chi connectivity index (χ1n) is 8.18. The summed E-state index contributed by atoms with van der Waals surface area (Å²) in [6.45, 7) is 7.15. The Kier molecular flexibility index (Phi) is 15.3. The lowest BCUT2D eigenvalue weighted by molar-refractivity contribution is -0.130. The molecule has 0 aromatic heterocycles. The van der Waals surface area contributed by atoms with Crippen LogP contribution in [-0.4, -0.2) is 28.8 Å². The highest BCUT2D eigenvalue weighted by molar-refractivity contribution is 5.85. The molecule has 5 heteroatoms. The van der Waals surface area contributed by atoms with Crippen molar-refractivity contribution < 1.29 is 14.9 Å². The number of hydrogen-bond acceptors (Lipinski definition) is 4. The van der Waals surface area contributed by atoms with E-state index in [9.17, 15) is 0 Å². The maximum absolute atomic E-state index is 9.05. The van der Waals surface area contributed by atoms with E-state index in [4.69, 9.17) is 20.7 Å². The van der Waals surface area contributed by atoms with Crippen LogP contribution in [0.25, 0.3) is 0 Å². The molecule has 0 rings (SSSR count). The minimum absolute atomic E-state index is 0. The average Bonchev–Trinajstić information content (AvgIpc) is 2.31. The highest BCUT2D eigenvalue weighted by Gasteiger charge is 2.27. The Labute approximate surface area is 136 Å². The fraction of sp³-hybridized carbons (Fsp3) is 1.00. The molecule has 4 N–H and O–H groups in total. The second kappa shape index (κ2) is 13.8. The van der Waals surface area contributed by atoms with Crippen LogP contribution in [0.15, 0.2) is 0 Å². The standard InChI is InChI=1S/C16H35NO3.ClH/c1-4-11-16(17,13-15(18)19)20-12-9-7-5-6-8-10-14(2)3;/h14-15,18-19H,4-13,17H2,1-3H3;1H. The van der Waals surface area contributed by atoms with E-state index in [1.54, 1.807) is 0 Å². The molecule has 1 unspecified atom stereocenters. The molecule has 0 aliphatic carbocycles. The Balaban J connectivity index is 0. The number of hydrogen-bond donors (Lipinski definition) is 3. The molecule has 1 atom stereocenters. The van der Waals surface area contributed by atoms with Crippen molar-refractivity contribution in [1.82, 2.24) is 0 Å². The molecule has 0 spiro atoms. The Morgan fingerprint density at radius 1 is 1.05 bits per heavy atom. The molecule has 0 fully saturated rings. The average molecular weight is 326 g/mol. The van der Waals surface area contributed by atoms with Gasteiger partial charge in [0.2, 0.25) is 0 Å². The van der Waals surface area contributed by atoms with E-state index in [1.807, 2.05) is 6.92 Å². The molecule has 0 saturated heterocycles. The third-order valence-corrected chi connectivity index (χ3v) is 3.52. The molecule has 0 radical (unpaired) electrons. The lowest BCUT2D eigenvalue weighted by atomic mass is 10.0. The van der Waals surface area contributed by atoms with Gasteiger partial charge in [0.05, 0.1) is 0 Å². The highest BCUT2D eigenvalue weighted by atomic mass is 35.5. The Bertz CT molecular complexity index is 228. The third kappa shape index (κ3) is 14.8. The molecule has 0 amide bonds. The van der Waals surface area contributed by atoms with Crippen LogP contribution in [0.2, 0.25) is 0 Å². The predicted octanol–water partition coefficient (Wildman–Crippen LogP) is 3.58. The van der Waals surface area contributed by atoms with Gasteiger partial charge in [0, 0.05) is 13.0 Å². The summed E-state index contributed by atoms with van der Waals surface area (Å²) in [5, 5.41) is 18.1. The molecule has 0 aliphatic heterocycles. The van der Waals surface area contributed by atoms with Crippen LogP contribution < -0.4 is 5.73 Å². The van der Waals surface area contributed by atoms with E-state index >= 15 is 0 Å². The van der Waals surface area contributed by atoms with Crippen molar-refractivity contribution in [2.24, 2.45) is 11.7 Å². The first kappa shape index (κ1) is 23.4. The number of unbranched alkanes of at least 4 members (excludes halogenated alkanes) is 4. The van der Waals surface area contributed by atoms with Crippen molar-refractivity contribution in [3.63, 3.8) is 0 Å². The van der Waals surface area contributed by atoms with Gasteiger partial charge in [-0.25, -0.2) is 0 Å². The molecule has 0 heterocycles. The maximum Gasteiger partial charge on any atom is 0.155 e. The minimum atomic E-state index is -1.40. The second-order valence-corrected chi connectivity index (χ2v) is 6.30. The van der Waals surface area contributed by atoms with Crippen LogP contribution >= 0.6 is 12.4 Å². The molecular formula is C16H36ClNO3. The maximum atomic E-state index is 9.05. The Morgan fingerprint density at radius 2 is 1.62 bits per heavy atom. The highest BCUT2D eigenvalue weighted by Crippen LogP contribution is 2.19. The first-order chi connectivity index (χ1) is 9.39. The fourth-order valence-electron chi connectivity index (χ4n) is 2.43. The van der Waals surface area contributed by atoms with Gasteiger partial charge in [-0.2, -0.15) is 0 Å². The number of ether oxygens (including phenoxy) is 1. The van der Waals surface area contributed by atoms with Crippen LogP contribution in [0.1, 0.15) is 78.6 Å². The van der Waals surface area contributed by atoms with Crippen LogP contribution in [0, 0.1) is 5.92 Å². The molecule has 0 bridgehead atoms. The zero-order valence-electron chi connectivity index (χ0n) is 14.0. The first-order valence-corrected chi connectivity index (χ1v) is 8.18. The number of nitrogens with two attached hydrogens (primary N) is 1. The second-order valence-electron chi connectivity index (χ2n) is 6.30. The quantitative estimate of drug-likeness (QED) is 0.357. The fourth-order valence-corrected chi connectivity index (χ4v) is 2.43. The number of aliphatic hydroxyl groups is 2. The van der Waals surface area contributed by atoms with Crippen molar-refractivity contribution in [3.05, 3.63) is 0 Å². The van der Waals surface area contributed by atoms with Crippen LogP contribution in [0.4, 0.5) is 0 Å². The molecular weight excluding hydrogens is 290 g/mol. The van der Waals surface area contributed by atoms with Gasteiger partial charge in [-0.15, -0.1) is 12.4 Å². The zero-order valence-corrected chi connectivity index (χ0v) is 14.8. The van der Waals surface area contributed by atoms with Gasteiger partial charge in [0.25, 0.3) is 0 Å². The Hall–Kier alpha value is 0.130. The van der Waals surface area contributed by atoms with Crippen molar-refractivity contribution in [1.29, 1.82) is 0 Å².